The second-order valence-electron chi connectivity index (χ2n) is 13.0. The highest BCUT2D eigenvalue weighted by molar-refractivity contribution is 5.79. The smallest absolute Gasteiger partial charge is 0.319 e. The predicted octanol–water partition coefficient (Wildman–Crippen LogP) is 2.76. The maximum atomic E-state index is 13.8. The summed E-state index contributed by atoms with van der Waals surface area (Å²) < 4.78 is 11.9. The largest absolute Gasteiger partial charge is 0.481 e. The summed E-state index contributed by atoms with van der Waals surface area (Å²) in [7, 11) is 8.26. The highest BCUT2D eigenvalue weighted by Crippen LogP contribution is 2.42. The van der Waals surface area contributed by atoms with Gasteiger partial charge in [-0.3, -0.25) is 14.5 Å². The molecule has 0 aromatic heterocycles. The number of aliphatic carboxylic acids is 1. The summed E-state index contributed by atoms with van der Waals surface area (Å²) in [5.41, 5.74) is 0.867. The Morgan fingerprint density at radius 2 is 1.83 bits per heavy atom. The predicted molar refractivity (Wildman–Crippen MR) is 160 cm³/mol. The highest BCUT2D eigenvalue weighted by Gasteiger charge is 2.47. The van der Waals surface area contributed by atoms with Gasteiger partial charge in [0.1, 0.15) is 0 Å². The van der Waals surface area contributed by atoms with Crippen LogP contribution in [-0.2, 0) is 9.59 Å². The van der Waals surface area contributed by atoms with Crippen LogP contribution in [0, 0.1) is 5.92 Å². The summed E-state index contributed by atoms with van der Waals surface area (Å²) in [6.45, 7) is 7.09. The Bertz CT molecular complexity index is 1110. The molecular weight excluding hydrogens is 538 g/mol. The van der Waals surface area contributed by atoms with Gasteiger partial charge in [-0.25, -0.2) is 4.79 Å². The number of rotatable bonds is 14. The molecule has 1 N–H and O–H groups in total. The van der Waals surface area contributed by atoms with Gasteiger partial charge in [-0.2, -0.15) is 0 Å². The van der Waals surface area contributed by atoms with Crippen LogP contribution in [-0.4, -0.2) is 140 Å². The van der Waals surface area contributed by atoms with E-state index < -0.39 is 11.9 Å². The minimum absolute atomic E-state index is 0.0240. The third-order valence-corrected chi connectivity index (χ3v) is 8.80. The number of likely N-dealkylation sites (tertiary alicyclic amines) is 1. The first-order valence-electron chi connectivity index (χ1n) is 15.4. The van der Waals surface area contributed by atoms with Crippen molar-refractivity contribution in [1.29, 1.82) is 0 Å². The molecule has 3 amide bonds. The van der Waals surface area contributed by atoms with Crippen molar-refractivity contribution in [3.8, 4) is 11.5 Å². The number of unbranched alkanes of at least 4 members (excludes halogenated alkanes) is 1. The zero-order valence-electron chi connectivity index (χ0n) is 26.1. The van der Waals surface area contributed by atoms with Crippen LogP contribution in [0.3, 0.4) is 0 Å². The van der Waals surface area contributed by atoms with Gasteiger partial charge in [0.2, 0.25) is 12.7 Å². The Labute approximate surface area is 250 Å². The Balaban J connectivity index is 1.56. The number of hydrogen-bond donors (Lipinski definition) is 1. The first-order chi connectivity index (χ1) is 20.0. The Kier molecular flexibility index (Phi) is 10.6. The SMILES string of the molecule is CCCCN(CCC[N+](C)(C)C)C(=O)CN1C[C@H](c2ccc3c(c2)OCO3)[C@@H](C(=O)O)[C@@H]1CCN1CCCN(C)C1=O. The number of urea groups is 1. The molecule has 2 fully saturated rings. The summed E-state index contributed by atoms with van der Waals surface area (Å²) in [6.07, 6.45) is 4.21. The molecule has 0 aliphatic carbocycles. The van der Waals surface area contributed by atoms with Crippen LogP contribution >= 0.6 is 0 Å². The number of carboxylic acids is 1. The zero-order valence-corrected chi connectivity index (χ0v) is 26.1. The highest BCUT2D eigenvalue weighted by atomic mass is 16.7. The molecule has 3 heterocycles. The fourth-order valence-electron chi connectivity index (χ4n) is 6.48. The number of nitrogens with zero attached hydrogens (tertiary/aromatic N) is 5. The van der Waals surface area contributed by atoms with Gasteiger partial charge >= 0.3 is 12.0 Å². The van der Waals surface area contributed by atoms with E-state index in [1.807, 2.05) is 28.0 Å². The fraction of sp³-hybridized carbons (Fsp3) is 0.710. The minimum Gasteiger partial charge on any atom is -0.481 e. The van der Waals surface area contributed by atoms with Gasteiger partial charge in [-0.15, -0.1) is 0 Å². The molecule has 234 valence electrons. The van der Waals surface area contributed by atoms with Crippen molar-refractivity contribution in [3.05, 3.63) is 23.8 Å². The molecule has 2 saturated heterocycles. The molecule has 0 unspecified atom stereocenters. The van der Waals surface area contributed by atoms with Crippen molar-refractivity contribution < 1.29 is 33.4 Å². The van der Waals surface area contributed by atoms with Crippen molar-refractivity contribution in [1.82, 2.24) is 19.6 Å². The lowest BCUT2D eigenvalue weighted by molar-refractivity contribution is -0.870. The summed E-state index contributed by atoms with van der Waals surface area (Å²) in [5, 5.41) is 10.5. The molecule has 1 aromatic carbocycles. The minimum atomic E-state index is -0.884. The lowest BCUT2D eigenvalue weighted by Gasteiger charge is -2.35. The molecule has 11 heteroatoms. The van der Waals surface area contributed by atoms with E-state index in [1.54, 1.807) is 11.9 Å². The van der Waals surface area contributed by atoms with E-state index in [9.17, 15) is 19.5 Å². The number of benzene rings is 1. The van der Waals surface area contributed by atoms with Crippen LogP contribution in [0.5, 0.6) is 11.5 Å². The number of fused-ring (bicyclic) bond motifs is 1. The van der Waals surface area contributed by atoms with Crippen molar-refractivity contribution in [2.24, 2.45) is 5.92 Å². The van der Waals surface area contributed by atoms with E-state index in [0.29, 0.717) is 50.6 Å². The van der Waals surface area contributed by atoms with Gasteiger partial charge in [0.05, 0.1) is 40.2 Å². The third-order valence-electron chi connectivity index (χ3n) is 8.80. The quantitative estimate of drug-likeness (QED) is 0.334. The number of carbonyl (C=O) groups is 3. The van der Waals surface area contributed by atoms with Gasteiger partial charge in [0.25, 0.3) is 0 Å². The number of quaternary nitrogens is 1. The fourth-order valence-corrected chi connectivity index (χ4v) is 6.48. The first kappa shape index (κ1) is 31.9. The molecule has 1 aromatic rings. The second-order valence-corrected chi connectivity index (χ2v) is 13.0. The normalized spacial score (nSPS) is 22.6. The maximum absolute atomic E-state index is 13.8. The maximum Gasteiger partial charge on any atom is 0.319 e. The van der Waals surface area contributed by atoms with E-state index in [-0.39, 0.29) is 37.2 Å². The van der Waals surface area contributed by atoms with E-state index in [0.717, 1.165) is 48.8 Å². The number of carbonyl (C=O) groups excluding carboxylic acids is 2. The van der Waals surface area contributed by atoms with Crippen molar-refractivity contribution in [2.45, 2.75) is 51.0 Å². The van der Waals surface area contributed by atoms with Crippen LogP contribution in [0.2, 0.25) is 0 Å². The van der Waals surface area contributed by atoms with Gasteiger partial charge in [-0.05, 0) is 37.0 Å². The molecule has 11 nitrogen and oxygen atoms in total. The van der Waals surface area contributed by atoms with E-state index in [4.69, 9.17) is 9.47 Å². The molecule has 4 rings (SSSR count). The number of ether oxygens (including phenoxy) is 2. The molecule has 0 spiro atoms. The van der Waals surface area contributed by atoms with Crippen molar-refractivity contribution in [2.75, 3.05) is 87.3 Å². The summed E-state index contributed by atoms with van der Waals surface area (Å²) in [5.74, 6) is -0.618. The Hall–Kier alpha value is -3.05. The topological polar surface area (TPSA) is 103 Å². The molecule has 3 aliphatic rings. The van der Waals surface area contributed by atoms with Crippen molar-refractivity contribution in [3.63, 3.8) is 0 Å². The number of amides is 3. The van der Waals surface area contributed by atoms with Gasteiger partial charge in [0, 0.05) is 64.7 Å². The lowest BCUT2D eigenvalue weighted by Crippen LogP contribution is -2.50. The van der Waals surface area contributed by atoms with Crippen LogP contribution in [0.1, 0.15) is 50.5 Å². The number of hydrogen-bond acceptors (Lipinski definition) is 6. The van der Waals surface area contributed by atoms with Crippen LogP contribution in [0.25, 0.3) is 0 Å². The average molecular weight is 589 g/mol. The second kappa shape index (κ2) is 13.9. The average Bonchev–Trinajstić information content (AvgIpc) is 3.55. The van der Waals surface area contributed by atoms with E-state index in [1.165, 1.54) is 0 Å². The molecule has 0 bridgehead atoms. The summed E-state index contributed by atoms with van der Waals surface area (Å²) in [4.78, 5) is 47.0. The molecule has 3 atom stereocenters. The van der Waals surface area contributed by atoms with Crippen LogP contribution < -0.4 is 9.47 Å². The molecule has 42 heavy (non-hydrogen) atoms. The Morgan fingerprint density at radius 1 is 1.10 bits per heavy atom. The Morgan fingerprint density at radius 3 is 2.55 bits per heavy atom. The van der Waals surface area contributed by atoms with E-state index >= 15 is 0 Å². The first-order valence-corrected chi connectivity index (χ1v) is 15.4. The lowest BCUT2D eigenvalue weighted by atomic mass is 9.84. The zero-order chi connectivity index (χ0) is 30.4. The van der Waals surface area contributed by atoms with Crippen molar-refractivity contribution >= 4 is 17.9 Å². The monoisotopic (exact) mass is 588 g/mol. The van der Waals surface area contributed by atoms with Gasteiger partial charge in [-0.1, -0.05) is 19.4 Å². The van der Waals surface area contributed by atoms with Crippen LogP contribution in [0.4, 0.5) is 4.79 Å². The summed E-state index contributed by atoms with van der Waals surface area (Å²) >= 11 is 0. The summed E-state index contributed by atoms with van der Waals surface area (Å²) in [6, 6.07) is 5.22. The third kappa shape index (κ3) is 7.86. The number of carboxylic acid groups (broad SMARTS) is 1. The molecule has 0 radical (unpaired) electrons. The molecule has 0 saturated carbocycles. The molecule has 3 aliphatic heterocycles. The van der Waals surface area contributed by atoms with Gasteiger partial charge in [0.15, 0.2) is 11.5 Å². The standard InChI is InChI=1S/C31H49N5O6/c1-6-7-14-33(16-9-18-36(3,4)5)28(37)21-35-20-24(23-10-11-26-27(19-23)42-22-41-26)29(30(38)39)25(35)12-17-34-15-8-13-32(2)31(34)40/h10-11,19,24-25,29H,6-9,12-18,20-22H2,1-5H3/p+1/t24-,25+,29-/m1/s1. The molecular formula is C31H50N5O6+. The van der Waals surface area contributed by atoms with Crippen LogP contribution in [0.15, 0.2) is 18.2 Å². The van der Waals surface area contributed by atoms with E-state index in [2.05, 4.69) is 33.0 Å². The van der Waals surface area contributed by atoms with Gasteiger partial charge < -0.3 is 33.8 Å².